The van der Waals surface area contributed by atoms with Gasteiger partial charge in [-0.2, -0.15) is 26.3 Å². The van der Waals surface area contributed by atoms with Gasteiger partial charge in [-0.15, -0.1) is 0 Å². The molecule has 186 valence electrons. The number of amides is 2. The molecular weight excluding hydrogens is 462 g/mol. The largest absolute Gasteiger partial charge is 0.416 e. The Bertz CT molecular complexity index is 945. The molecule has 3 atom stereocenters. The van der Waals surface area contributed by atoms with Gasteiger partial charge in [0, 0.05) is 25.6 Å². The van der Waals surface area contributed by atoms with Crippen LogP contribution in [0.5, 0.6) is 0 Å². The minimum Gasteiger partial charge on any atom is -0.370 e. The van der Waals surface area contributed by atoms with Crippen molar-refractivity contribution in [3.05, 3.63) is 70.8 Å². The van der Waals surface area contributed by atoms with Crippen LogP contribution >= 0.6 is 0 Å². The van der Waals surface area contributed by atoms with E-state index in [1.165, 1.54) is 6.92 Å². The summed E-state index contributed by atoms with van der Waals surface area (Å²) in [5.74, 6) is -0.298. The van der Waals surface area contributed by atoms with Crippen LogP contribution in [0.2, 0.25) is 0 Å². The van der Waals surface area contributed by atoms with E-state index in [-0.39, 0.29) is 23.6 Å². The molecule has 1 heterocycles. The third-order valence-corrected chi connectivity index (χ3v) is 5.85. The van der Waals surface area contributed by atoms with Crippen LogP contribution in [0.15, 0.2) is 48.5 Å². The molecule has 34 heavy (non-hydrogen) atoms. The van der Waals surface area contributed by atoms with Gasteiger partial charge in [-0.25, -0.2) is 4.79 Å². The summed E-state index contributed by atoms with van der Waals surface area (Å²) in [6.07, 6.45) is -11.0. The molecule has 2 amide bonds. The van der Waals surface area contributed by atoms with Crippen molar-refractivity contribution in [1.82, 2.24) is 10.2 Å². The Morgan fingerprint density at radius 3 is 2.18 bits per heavy atom. The lowest BCUT2D eigenvalue weighted by Crippen LogP contribution is -2.49. The number of alkyl halides is 6. The fraction of sp³-hybridized carbons (Fsp3) is 0.458. The topological polar surface area (TPSA) is 41.6 Å². The smallest absolute Gasteiger partial charge is 0.370 e. The molecule has 10 heteroatoms. The average Bonchev–Trinajstić information content (AvgIpc) is 2.78. The molecule has 1 aliphatic heterocycles. The number of benzene rings is 2. The van der Waals surface area contributed by atoms with Crippen LogP contribution in [0.4, 0.5) is 31.1 Å². The molecule has 0 radical (unpaired) electrons. The van der Waals surface area contributed by atoms with Gasteiger partial charge in [-0.05, 0) is 49.6 Å². The zero-order chi connectivity index (χ0) is 25.1. The summed E-state index contributed by atoms with van der Waals surface area (Å²) >= 11 is 0. The lowest BCUT2D eigenvalue weighted by atomic mass is 9.87. The van der Waals surface area contributed by atoms with Crippen LogP contribution in [0.1, 0.15) is 54.5 Å². The van der Waals surface area contributed by atoms with Crippen molar-refractivity contribution < 1.29 is 35.9 Å². The number of nitrogens with one attached hydrogen (secondary N) is 1. The highest BCUT2D eigenvalue weighted by molar-refractivity contribution is 5.74. The summed E-state index contributed by atoms with van der Waals surface area (Å²) in [7, 11) is 0. The number of piperidine rings is 1. The molecule has 1 fully saturated rings. The zero-order valence-corrected chi connectivity index (χ0v) is 18.7. The molecule has 0 unspecified atom stereocenters. The van der Waals surface area contributed by atoms with Gasteiger partial charge in [0.25, 0.3) is 0 Å². The molecule has 4 nitrogen and oxygen atoms in total. The quantitative estimate of drug-likeness (QED) is 0.496. The number of rotatable bonds is 5. The molecule has 0 aliphatic carbocycles. The number of ether oxygens (including phenoxy) is 1. The van der Waals surface area contributed by atoms with Crippen molar-refractivity contribution in [1.29, 1.82) is 0 Å². The fourth-order valence-electron chi connectivity index (χ4n) is 4.12. The number of halogens is 6. The van der Waals surface area contributed by atoms with Crippen LogP contribution in [-0.4, -0.2) is 36.7 Å². The van der Waals surface area contributed by atoms with Gasteiger partial charge in [0.2, 0.25) is 0 Å². The maximum Gasteiger partial charge on any atom is 0.416 e. The second-order valence-corrected chi connectivity index (χ2v) is 8.24. The summed E-state index contributed by atoms with van der Waals surface area (Å²) in [4.78, 5) is 14.0. The van der Waals surface area contributed by atoms with Gasteiger partial charge >= 0.3 is 18.4 Å². The number of carbonyl (C=O) groups is 1. The van der Waals surface area contributed by atoms with Crippen LogP contribution in [0, 0.1) is 0 Å². The van der Waals surface area contributed by atoms with Gasteiger partial charge < -0.3 is 15.0 Å². The summed E-state index contributed by atoms with van der Waals surface area (Å²) < 4.78 is 85.7. The number of nitrogens with zero attached hydrogens (tertiary/aromatic N) is 1. The van der Waals surface area contributed by atoms with Gasteiger partial charge in [0.1, 0.15) is 0 Å². The minimum atomic E-state index is -4.93. The van der Waals surface area contributed by atoms with E-state index in [1.807, 2.05) is 30.3 Å². The van der Waals surface area contributed by atoms with E-state index in [2.05, 4.69) is 5.32 Å². The van der Waals surface area contributed by atoms with Gasteiger partial charge in [0.15, 0.2) is 0 Å². The van der Waals surface area contributed by atoms with E-state index in [9.17, 15) is 31.1 Å². The highest BCUT2D eigenvalue weighted by Gasteiger charge is 2.38. The lowest BCUT2D eigenvalue weighted by Gasteiger charge is -2.40. The SMILES string of the molecule is CCNC(=O)N1CC[C@H](O[C@H](C)c2cc(C(F)(F)F)cc(C(F)(F)F)c2)[C@H](c2ccccc2)C1. The van der Waals surface area contributed by atoms with Crippen molar-refractivity contribution in [2.75, 3.05) is 19.6 Å². The van der Waals surface area contributed by atoms with Gasteiger partial charge in [0.05, 0.1) is 23.3 Å². The predicted molar refractivity (Wildman–Crippen MR) is 114 cm³/mol. The highest BCUT2D eigenvalue weighted by atomic mass is 19.4. The van der Waals surface area contributed by atoms with Crippen LogP contribution in [0.25, 0.3) is 0 Å². The second-order valence-electron chi connectivity index (χ2n) is 8.24. The summed E-state index contributed by atoms with van der Waals surface area (Å²) in [6.45, 7) is 4.36. The maximum absolute atomic E-state index is 13.3. The van der Waals surface area contributed by atoms with Crippen LogP contribution in [0.3, 0.4) is 0 Å². The van der Waals surface area contributed by atoms with E-state index in [4.69, 9.17) is 4.74 Å². The molecule has 2 aromatic rings. The Hall–Kier alpha value is -2.75. The average molecular weight is 488 g/mol. The standard InChI is InChI=1S/C24H26F6N2O2/c1-3-31-22(33)32-10-9-21(20(14-32)16-7-5-4-6-8-16)34-15(2)17-11-18(23(25,26)27)13-19(12-17)24(28,29)30/h4-8,11-13,15,20-21H,3,9-10,14H2,1-2H3,(H,31,33)/t15-,20+,21+/m1/s1. The van der Waals surface area contributed by atoms with Crippen molar-refractivity contribution in [2.24, 2.45) is 0 Å². The van der Waals surface area contributed by atoms with Crippen molar-refractivity contribution in [3.63, 3.8) is 0 Å². The molecule has 2 aromatic carbocycles. The monoisotopic (exact) mass is 488 g/mol. The number of urea groups is 1. The van der Waals surface area contributed by atoms with Crippen LogP contribution in [-0.2, 0) is 17.1 Å². The lowest BCUT2D eigenvalue weighted by molar-refractivity contribution is -0.143. The van der Waals surface area contributed by atoms with Gasteiger partial charge in [-0.3, -0.25) is 0 Å². The fourth-order valence-corrected chi connectivity index (χ4v) is 4.12. The molecule has 0 bridgehead atoms. The number of carbonyl (C=O) groups excluding carboxylic acids is 1. The third kappa shape index (κ3) is 6.22. The number of hydrogen-bond acceptors (Lipinski definition) is 2. The third-order valence-electron chi connectivity index (χ3n) is 5.85. The first kappa shape index (κ1) is 25.9. The molecule has 1 aliphatic rings. The minimum absolute atomic E-state index is 0.105. The molecule has 1 N–H and O–H groups in total. The first-order valence-electron chi connectivity index (χ1n) is 10.9. The van der Waals surface area contributed by atoms with E-state index in [1.54, 1.807) is 11.8 Å². The maximum atomic E-state index is 13.3. The first-order valence-corrected chi connectivity index (χ1v) is 10.9. The Kier molecular flexibility index (Phi) is 7.80. The summed E-state index contributed by atoms with van der Waals surface area (Å²) in [5.41, 5.74) is -2.09. The Morgan fingerprint density at radius 1 is 1.06 bits per heavy atom. The second kappa shape index (κ2) is 10.2. The van der Waals surface area contributed by atoms with Gasteiger partial charge in [-0.1, -0.05) is 30.3 Å². The normalized spacial score (nSPS) is 20.2. The molecular formula is C24H26F6N2O2. The number of likely N-dealkylation sites (tertiary alicyclic amines) is 1. The Balaban J connectivity index is 1.89. The molecule has 1 saturated heterocycles. The summed E-state index contributed by atoms with van der Waals surface area (Å²) in [5, 5.41) is 2.74. The van der Waals surface area contributed by atoms with Crippen molar-refractivity contribution in [3.8, 4) is 0 Å². The van der Waals surface area contributed by atoms with Crippen molar-refractivity contribution >= 4 is 6.03 Å². The molecule has 3 rings (SSSR count). The predicted octanol–water partition coefficient (Wildman–Crippen LogP) is 6.39. The van der Waals surface area contributed by atoms with E-state index in [0.29, 0.717) is 38.2 Å². The molecule has 0 aromatic heterocycles. The highest BCUT2D eigenvalue weighted by Crippen LogP contribution is 2.39. The zero-order valence-electron chi connectivity index (χ0n) is 18.7. The molecule has 0 spiro atoms. The van der Waals surface area contributed by atoms with E-state index < -0.39 is 35.7 Å². The van der Waals surface area contributed by atoms with Crippen molar-refractivity contribution in [2.45, 2.75) is 50.7 Å². The number of hydrogen-bond donors (Lipinski definition) is 1. The Labute approximate surface area is 193 Å². The van der Waals surface area contributed by atoms with E-state index in [0.717, 1.165) is 5.56 Å². The molecule has 0 saturated carbocycles. The first-order chi connectivity index (χ1) is 15.9. The van der Waals surface area contributed by atoms with E-state index >= 15 is 0 Å². The Morgan fingerprint density at radius 2 is 1.65 bits per heavy atom. The van der Waals surface area contributed by atoms with Crippen LogP contribution < -0.4 is 5.32 Å². The summed E-state index contributed by atoms with van der Waals surface area (Å²) in [6, 6.07) is 10.5.